The van der Waals surface area contributed by atoms with Gasteiger partial charge >= 0.3 is 16.6 Å². The van der Waals surface area contributed by atoms with Crippen molar-refractivity contribution in [1.29, 1.82) is 0 Å². The van der Waals surface area contributed by atoms with Crippen molar-refractivity contribution in [3.05, 3.63) is 30.7 Å². The maximum atomic E-state index is 12.6. The largest absolute Gasteiger partial charge is 0.508 e. The molecule has 26 heavy (non-hydrogen) atoms. The molecule has 0 spiro atoms. The Morgan fingerprint density at radius 3 is 2.69 bits per heavy atom. The van der Waals surface area contributed by atoms with Crippen molar-refractivity contribution in [2.45, 2.75) is 25.3 Å². The summed E-state index contributed by atoms with van der Waals surface area (Å²) in [6.45, 7) is 2.46. The molecular weight excluding hydrogens is 371 g/mol. The molecule has 0 aliphatic rings. The second kappa shape index (κ2) is 7.40. The molecule has 0 saturated carbocycles. The molecular formula is C16H14F3N3O3S. The van der Waals surface area contributed by atoms with Gasteiger partial charge in [0.15, 0.2) is 0 Å². The first kappa shape index (κ1) is 18.3. The van der Waals surface area contributed by atoms with Gasteiger partial charge in [-0.15, -0.1) is 0 Å². The number of rotatable bonds is 6. The Kier molecular flexibility index (Phi) is 5.21. The Balaban J connectivity index is 2.15. The van der Waals surface area contributed by atoms with Gasteiger partial charge in [-0.2, -0.15) is 13.2 Å². The first-order valence-corrected chi connectivity index (χ1v) is 8.81. The molecule has 0 amide bonds. The Morgan fingerprint density at radius 1 is 1.15 bits per heavy atom. The number of pyridine rings is 3. The topological polar surface area (TPSA) is 74.2 Å². The number of nitrogens with zero attached hydrogens (tertiary/aromatic N) is 3. The third-order valence-electron chi connectivity index (χ3n) is 3.52. The summed E-state index contributed by atoms with van der Waals surface area (Å²) in [5.41, 5.74) is -4.70. The van der Waals surface area contributed by atoms with Crippen molar-refractivity contribution in [2.24, 2.45) is 0 Å². The average molecular weight is 385 g/mol. The molecule has 0 aromatic carbocycles. The SMILES string of the molecule is CCCCOc1nccc2nc(OS(=O)C(F)(F)F)c3ccncc3c12. The highest BCUT2D eigenvalue weighted by atomic mass is 32.2. The standard InChI is InChI=1S/C16H14F3N3O3S/c1-2-3-8-24-15-13-11-9-20-6-4-10(11)14(22-12(13)5-7-21-15)25-26(23)16(17,18)19/h4-7,9H,2-3,8H2,1H3. The first-order valence-electron chi connectivity index (χ1n) is 7.74. The van der Waals surface area contributed by atoms with Gasteiger partial charge in [-0.3, -0.25) is 4.98 Å². The summed E-state index contributed by atoms with van der Waals surface area (Å²) in [7, 11) is 0. The number of hydrogen-bond acceptors (Lipinski definition) is 6. The van der Waals surface area contributed by atoms with E-state index < -0.39 is 22.5 Å². The molecule has 0 radical (unpaired) electrons. The van der Waals surface area contributed by atoms with Crippen LogP contribution in [0.15, 0.2) is 30.7 Å². The van der Waals surface area contributed by atoms with Gasteiger partial charge < -0.3 is 8.92 Å². The fourth-order valence-corrected chi connectivity index (χ4v) is 2.70. The summed E-state index contributed by atoms with van der Waals surface area (Å²) in [5.74, 6) is -0.0822. The molecule has 0 saturated heterocycles. The quantitative estimate of drug-likeness (QED) is 0.473. The summed E-state index contributed by atoms with van der Waals surface area (Å²) in [5, 5.41) is 1.20. The minimum absolute atomic E-state index is 0.235. The normalized spacial score (nSPS) is 13.1. The van der Waals surface area contributed by atoms with E-state index in [0.717, 1.165) is 12.8 Å². The number of hydrogen-bond donors (Lipinski definition) is 0. The molecule has 1 unspecified atom stereocenters. The zero-order valence-electron chi connectivity index (χ0n) is 13.6. The van der Waals surface area contributed by atoms with Crippen LogP contribution in [0.25, 0.3) is 21.7 Å². The smallest absolute Gasteiger partial charge is 0.477 e. The maximum absolute atomic E-state index is 12.6. The van der Waals surface area contributed by atoms with E-state index in [4.69, 9.17) is 4.74 Å². The van der Waals surface area contributed by atoms with Gasteiger partial charge in [0.2, 0.25) is 11.8 Å². The van der Waals surface area contributed by atoms with Crippen LogP contribution in [0.3, 0.4) is 0 Å². The second-order valence-electron chi connectivity index (χ2n) is 5.31. The fourth-order valence-electron chi connectivity index (χ4n) is 2.33. The van der Waals surface area contributed by atoms with Crippen molar-refractivity contribution < 1.29 is 26.3 Å². The molecule has 0 bridgehead atoms. The van der Waals surface area contributed by atoms with Crippen LogP contribution in [0.1, 0.15) is 19.8 Å². The molecule has 0 N–H and O–H groups in total. The lowest BCUT2D eigenvalue weighted by atomic mass is 10.1. The summed E-state index contributed by atoms with van der Waals surface area (Å²) in [6.07, 6.45) is 6.04. The Hall–Kier alpha value is -2.49. The van der Waals surface area contributed by atoms with E-state index in [1.807, 2.05) is 6.92 Å². The zero-order chi connectivity index (χ0) is 18.7. The van der Waals surface area contributed by atoms with Crippen LogP contribution in [0.5, 0.6) is 11.8 Å². The van der Waals surface area contributed by atoms with Gasteiger partial charge in [0.25, 0.3) is 0 Å². The minimum atomic E-state index is -5.01. The fraction of sp³-hybridized carbons (Fsp3) is 0.312. The molecule has 1 atom stereocenters. The summed E-state index contributed by atoms with van der Waals surface area (Å²) >= 11 is -3.53. The highest BCUT2D eigenvalue weighted by Crippen LogP contribution is 2.35. The van der Waals surface area contributed by atoms with Crippen LogP contribution in [0.2, 0.25) is 0 Å². The van der Waals surface area contributed by atoms with E-state index in [9.17, 15) is 17.4 Å². The third-order valence-corrected chi connectivity index (χ3v) is 4.20. The number of unbranched alkanes of at least 4 members (excludes halogenated alkanes) is 1. The van der Waals surface area contributed by atoms with E-state index in [-0.39, 0.29) is 5.39 Å². The number of halogens is 3. The zero-order valence-corrected chi connectivity index (χ0v) is 14.4. The predicted molar refractivity (Wildman–Crippen MR) is 90.1 cm³/mol. The Morgan fingerprint density at radius 2 is 1.96 bits per heavy atom. The summed E-state index contributed by atoms with van der Waals surface area (Å²) in [6, 6.07) is 2.95. The van der Waals surface area contributed by atoms with Crippen LogP contribution in [-0.4, -0.2) is 31.3 Å². The average Bonchev–Trinajstić information content (AvgIpc) is 2.61. The lowest BCUT2D eigenvalue weighted by molar-refractivity contribution is -0.0438. The lowest BCUT2D eigenvalue weighted by Crippen LogP contribution is -2.21. The molecule has 3 rings (SSSR count). The number of alkyl halides is 3. The number of aromatic nitrogens is 3. The lowest BCUT2D eigenvalue weighted by Gasteiger charge is -2.13. The minimum Gasteiger partial charge on any atom is -0.477 e. The van der Waals surface area contributed by atoms with E-state index >= 15 is 0 Å². The molecule has 6 nitrogen and oxygen atoms in total. The van der Waals surface area contributed by atoms with Crippen molar-refractivity contribution >= 4 is 32.8 Å². The van der Waals surface area contributed by atoms with Gasteiger partial charge in [0.05, 0.1) is 17.5 Å². The highest BCUT2D eigenvalue weighted by molar-refractivity contribution is 7.81. The summed E-state index contributed by atoms with van der Waals surface area (Å²) < 4.78 is 59.4. The molecule has 0 aliphatic heterocycles. The molecule has 0 aliphatic carbocycles. The van der Waals surface area contributed by atoms with Crippen molar-refractivity contribution in [3.8, 4) is 11.8 Å². The van der Waals surface area contributed by atoms with Gasteiger partial charge in [-0.1, -0.05) is 13.3 Å². The Bertz CT molecular complexity index is 966. The molecule has 138 valence electrons. The second-order valence-corrected chi connectivity index (χ2v) is 6.41. The van der Waals surface area contributed by atoms with E-state index in [0.29, 0.717) is 28.8 Å². The number of fused-ring (bicyclic) bond motifs is 3. The van der Waals surface area contributed by atoms with Gasteiger partial charge in [0.1, 0.15) is 0 Å². The van der Waals surface area contributed by atoms with Crippen LogP contribution in [0.4, 0.5) is 13.2 Å². The highest BCUT2D eigenvalue weighted by Gasteiger charge is 2.40. The number of ether oxygens (including phenoxy) is 1. The Labute approximate surface area is 149 Å². The van der Waals surface area contributed by atoms with Crippen LogP contribution in [0, 0.1) is 0 Å². The monoisotopic (exact) mass is 385 g/mol. The van der Waals surface area contributed by atoms with E-state index in [1.165, 1.54) is 30.7 Å². The van der Waals surface area contributed by atoms with Crippen molar-refractivity contribution in [1.82, 2.24) is 15.0 Å². The van der Waals surface area contributed by atoms with Crippen LogP contribution in [-0.2, 0) is 11.1 Å². The van der Waals surface area contributed by atoms with Gasteiger partial charge in [-0.25, -0.2) is 14.2 Å². The molecule has 3 aromatic rings. The van der Waals surface area contributed by atoms with Crippen molar-refractivity contribution in [2.75, 3.05) is 6.61 Å². The molecule has 10 heteroatoms. The molecule has 0 fully saturated rings. The first-order chi connectivity index (χ1) is 12.4. The molecule has 3 aromatic heterocycles. The van der Waals surface area contributed by atoms with Crippen LogP contribution >= 0.6 is 0 Å². The van der Waals surface area contributed by atoms with Crippen molar-refractivity contribution in [3.63, 3.8) is 0 Å². The summed E-state index contributed by atoms with van der Waals surface area (Å²) in [4.78, 5) is 12.3. The van der Waals surface area contributed by atoms with E-state index in [1.54, 1.807) is 0 Å². The van der Waals surface area contributed by atoms with Crippen LogP contribution < -0.4 is 8.92 Å². The third kappa shape index (κ3) is 3.69. The van der Waals surface area contributed by atoms with Gasteiger partial charge in [-0.05, 0) is 18.6 Å². The maximum Gasteiger partial charge on any atom is 0.508 e. The molecule has 3 heterocycles. The predicted octanol–water partition coefficient (Wildman–Crippen LogP) is 3.92. The van der Waals surface area contributed by atoms with E-state index in [2.05, 4.69) is 19.1 Å². The van der Waals surface area contributed by atoms with Gasteiger partial charge in [0, 0.05) is 29.4 Å².